The first-order valence-electron chi connectivity index (χ1n) is 7.97. The minimum Gasteiger partial charge on any atom is -0.411 e. The van der Waals surface area contributed by atoms with Crippen LogP contribution >= 0.6 is 0 Å². The molecule has 0 bridgehead atoms. The van der Waals surface area contributed by atoms with Crippen LogP contribution in [0, 0.1) is 0 Å². The van der Waals surface area contributed by atoms with Crippen LogP contribution in [0.5, 0.6) is 0 Å². The van der Waals surface area contributed by atoms with E-state index < -0.39 is 13.9 Å². The van der Waals surface area contributed by atoms with E-state index in [9.17, 15) is 5.11 Å². The summed E-state index contributed by atoms with van der Waals surface area (Å²) in [5.74, 6) is 0. The van der Waals surface area contributed by atoms with E-state index in [0.717, 1.165) is 37.1 Å². The summed E-state index contributed by atoms with van der Waals surface area (Å²) < 4.78 is 6.23. The van der Waals surface area contributed by atoms with Crippen molar-refractivity contribution in [2.75, 3.05) is 0 Å². The largest absolute Gasteiger partial charge is 0.411 e. The molecule has 4 heteroatoms. The second-order valence-corrected chi connectivity index (χ2v) is 12.6. The average molecular weight is 308 g/mol. The monoisotopic (exact) mass is 307 g/mol. The van der Waals surface area contributed by atoms with Gasteiger partial charge in [0.05, 0.1) is 18.0 Å². The second-order valence-electron chi connectivity index (χ2n) is 7.80. The van der Waals surface area contributed by atoms with Gasteiger partial charge in [0.25, 0.3) is 0 Å². The summed E-state index contributed by atoms with van der Waals surface area (Å²) in [7, 11) is -1.76. The van der Waals surface area contributed by atoms with Crippen LogP contribution in [0.2, 0.25) is 18.1 Å². The van der Waals surface area contributed by atoms with Crippen molar-refractivity contribution in [3.8, 4) is 0 Å². The predicted octanol–water partition coefficient (Wildman–Crippen LogP) is 4.37. The molecule has 1 saturated carbocycles. The maximum atomic E-state index is 10.6. The Morgan fingerprint density at radius 3 is 2.43 bits per heavy atom. The molecule has 21 heavy (non-hydrogen) atoms. The van der Waals surface area contributed by atoms with Crippen molar-refractivity contribution in [2.24, 2.45) is 0 Å². The highest BCUT2D eigenvalue weighted by Gasteiger charge is 2.37. The topological polar surface area (TPSA) is 42.4 Å². The van der Waals surface area contributed by atoms with Gasteiger partial charge in [-0.25, -0.2) is 0 Å². The molecule has 1 aliphatic rings. The van der Waals surface area contributed by atoms with Crippen LogP contribution in [0.3, 0.4) is 0 Å². The average Bonchev–Trinajstić information content (AvgIpc) is 2.84. The van der Waals surface area contributed by atoms with Crippen molar-refractivity contribution >= 4 is 8.32 Å². The molecule has 0 aliphatic heterocycles. The molecule has 1 N–H and O–H groups in total. The molecule has 0 amide bonds. The molecule has 1 aromatic heterocycles. The third kappa shape index (κ3) is 3.73. The van der Waals surface area contributed by atoms with Gasteiger partial charge in [-0.3, -0.25) is 4.98 Å². The minimum absolute atomic E-state index is 0.203. The Labute approximate surface area is 129 Å². The van der Waals surface area contributed by atoms with Gasteiger partial charge in [0, 0.05) is 0 Å². The lowest BCUT2D eigenvalue weighted by Crippen LogP contribution is -2.40. The number of pyridine rings is 1. The lowest BCUT2D eigenvalue weighted by atomic mass is 9.97. The molecule has 118 valence electrons. The summed E-state index contributed by atoms with van der Waals surface area (Å²) in [6, 6.07) is 5.93. The molecule has 2 rings (SSSR count). The first-order chi connectivity index (χ1) is 9.64. The summed E-state index contributed by atoms with van der Waals surface area (Å²) in [6.45, 7) is 11.8. The third-order valence-electron chi connectivity index (χ3n) is 5.10. The van der Waals surface area contributed by atoms with Crippen molar-refractivity contribution in [3.63, 3.8) is 0 Å². The summed E-state index contributed by atoms with van der Waals surface area (Å²) in [5, 5.41) is 10.9. The zero-order chi connectivity index (χ0) is 15.7. The first kappa shape index (κ1) is 16.7. The van der Waals surface area contributed by atoms with Gasteiger partial charge < -0.3 is 9.53 Å². The highest BCUT2D eigenvalue weighted by molar-refractivity contribution is 6.74. The molecule has 0 aromatic carbocycles. The van der Waals surface area contributed by atoms with Crippen molar-refractivity contribution < 1.29 is 9.53 Å². The molecule has 0 spiro atoms. The van der Waals surface area contributed by atoms with E-state index in [1.54, 1.807) is 0 Å². The molecule has 3 nitrogen and oxygen atoms in total. The van der Waals surface area contributed by atoms with Crippen LogP contribution in [0.25, 0.3) is 0 Å². The fourth-order valence-electron chi connectivity index (χ4n) is 2.51. The Balaban J connectivity index is 2.09. The van der Waals surface area contributed by atoms with Crippen LogP contribution in [0.4, 0.5) is 0 Å². The maximum Gasteiger partial charge on any atom is 0.192 e. The summed E-state index contributed by atoms with van der Waals surface area (Å²) in [4.78, 5) is 4.66. The second kappa shape index (κ2) is 5.82. The molecular weight excluding hydrogens is 278 g/mol. The number of hydrogen-bond acceptors (Lipinski definition) is 3. The van der Waals surface area contributed by atoms with Crippen molar-refractivity contribution in [2.45, 2.75) is 76.8 Å². The van der Waals surface area contributed by atoms with Crippen molar-refractivity contribution in [1.29, 1.82) is 0 Å². The fraction of sp³-hybridized carbons (Fsp3) is 0.706. The minimum atomic E-state index is -1.76. The molecule has 1 aromatic rings. The van der Waals surface area contributed by atoms with Gasteiger partial charge in [0.1, 0.15) is 5.60 Å². The smallest absolute Gasteiger partial charge is 0.192 e. The van der Waals surface area contributed by atoms with Gasteiger partial charge in [-0.15, -0.1) is 0 Å². The predicted molar refractivity (Wildman–Crippen MR) is 88.6 cm³/mol. The molecule has 0 radical (unpaired) electrons. The van der Waals surface area contributed by atoms with E-state index >= 15 is 0 Å². The summed E-state index contributed by atoms with van der Waals surface area (Å²) in [6.07, 6.45) is 3.82. The highest BCUT2D eigenvalue weighted by Crippen LogP contribution is 2.38. The quantitative estimate of drug-likeness (QED) is 0.840. The lowest BCUT2D eigenvalue weighted by Gasteiger charge is -2.36. The van der Waals surface area contributed by atoms with Crippen LogP contribution in [0.1, 0.15) is 57.8 Å². The van der Waals surface area contributed by atoms with E-state index in [-0.39, 0.29) is 5.04 Å². The molecule has 1 heterocycles. The molecule has 0 unspecified atom stereocenters. The Kier molecular flexibility index (Phi) is 4.62. The van der Waals surface area contributed by atoms with Gasteiger partial charge in [-0.1, -0.05) is 39.7 Å². The van der Waals surface area contributed by atoms with Gasteiger partial charge in [0.15, 0.2) is 8.32 Å². The number of rotatable bonds is 4. The Morgan fingerprint density at radius 2 is 1.86 bits per heavy atom. The SMILES string of the molecule is CC(C)(C)[Si](C)(C)OCc1cccc(C2(O)CCCC2)n1. The van der Waals surface area contributed by atoms with Crippen LogP contribution in [0.15, 0.2) is 18.2 Å². The summed E-state index contributed by atoms with van der Waals surface area (Å²) >= 11 is 0. The number of aromatic nitrogens is 1. The van der Waals surface area contributed by atoms with E-state index in [0.29, 0.717) is 6.61 Å². The Bertz CT molecular complexity index is 488. The van der Waals surface area contributed by atoms with Crippen LogP contribution in [-0.4, -0.2) is 18.4 Å². The Morgan fingerprint density at radius 1 is 1.24 bits per heavy atom. The first-order valence-corrected chi connectivity index (χ1v) is 10.9. The highest BCUT2D eigenvalue weighted by atomic mass is 28.4. The lowest BCUT2D eigenvalue weighted by molar-refractivity contribution is 0.0395. The molecule has 1 fully saturated rings. The standard InChI is InChI=1S/C17H29NO2Si/c1-16(2,3)21(4,5)20-13-14-9-8-10-15(18-14)17(19)11-6-7-12-17/h8-10,19H,6-7,11-13H2,1-5H3. The van der Waals surface area contributed by atoms with E-state index in [2.05, 4.69) is 38.8 Å². The van der Waals surface area contributed by atoms with E-state index in [4.69, 9.17) is 4.43 Å². The van der Waals surface area contributed by atoms with Gasteiger partial charge in [-0.2, -0.15) is 0 Å². The number of nitrogens with zero attached hydrogens (tertiary/aromatic N) is 1. The zero-order valence-electron chi connectivity index (χ0n) is 14.1. The van der Waals surface area contributed by atoms with E-state index in [1.165, 1.54) is 0 Å². The number of hydrogen-bond donors (Lipinski definition) is 1. The third-order valence-corrected chi connectivity index (χ3v) is 9.58. The van der Waals surface area contributed by atoms with Crippen LogP contribution in [-0.2, 0) is 16.6 Å². The molecular formula is C17H29NO2Si. The maximum absolute atomic E-state index is 10.6. The number of aliphatic hydroxyl groups is 1. The van der Waals surface area contributed by atoms with Gasteiger partial charge >= 0.3 is 0 Å². The van der Waals surface area contributed by atoms with Crippen LogP contribution < -0.4 is 0 Å². The Hall–Kier alpha value is -0.713. The normalized spacial score (nSPS) is 19.0. The molecule has 0 atom stereocenters. The molecule has 1 aliphatic carbocycles. The van der Waals surface area contributed by atoms with E-state index in [1.807, 2.05) is 18.2 Å². The van der Waals surface area contributed by atoms with Gasteiger partial charge in [0.2, 0.25) is 0 Å². The fourth-order valence-corrected chi connectivity index (χ4v) is 3.45. The zero-order valence-corrected chi connectivity index (χ0v) is 15.1. The van der Waals surface area contributed by atoms with Crippen molar-refractivity contribution in [1.82, 2.24) is 4.98 Å². The van der Waals surface area contributed by atoms with Gasteiger partial charge in [-0.05, 0) is 43.1 Å². The van der Waals surface area contributed by atoms with Crippen molar-refractivity contribution in [3.05, 3.63) is 29.6 Å². The molecule has 0 saturated heterocycles. The summed E-state index contributed by atoms with van der Waals surface area (Å²) in [5.41, 5.74) is 1.03.